The Hall–Kier alpha value is -2.73. The lowest BCUT2D eigenvalue weighted by Gasteiger charge is -2.32. The number of hydrogen-bond acceptors (Lipinski definition) is 4. The van der Waals surface area contributed by atoms with E-state index >= 15 is 0 Å². The summed E-state index contributed by atoms with van der Waals surface area (Å²) in [6.45, 7) is 11.3. The average Bonchev–Trinajstić information content (AvgIpc) is 3.11. The van der Waals surface area contributed by atoms with E-state index in [1.807, 2.05) is 24.4 Å². The Morgan fingerprint density at radius 1 is 1.13 bits per heavy atom. The van der Waals surface area contributed by atoms with E-state index in [1.54, 1.807) is 0 Å². The molecule has 1 saturated heterocycles. The molecule has 164 valence electrons. The molecule has 4 rings (SSSR count). The summed E-state index contributed by atoms with van der Waals surface area (Å²) in [6.07, 6.45) is 3.20. The zero-order chi connectivity index (χ0) is 22.0. The number of likely N-dealkylation sites (tertiary alicyclic amines) is 1. The Kier molecular flexibility index (Phi) is 6.37. The van der Waals surface area contributed by atoms with E-state index in [2.05, 4.69) is 58.4 Å². The number of hydrogen-bond donors (Lipinski definition) is 1. The van der Waals surface area contributed by atoms with Crippen molar-refractivity contribution in [3.63, 3.8) is 0 Å². The second-order valence-electron chi connectivity index (χ2n) is 8.86. The molecule has 1 amide bonds. The van der Waals surface area contributed by atoms with Crippen LogP contribution >= 0.6 is 0 Å². The predicted molar refractivity (Wildman–Crippen MR) is 123 cm³/mol. The Labute approximate surface area is 184 Å². The van der Waals surface area contributed by atoms with Crippen LogP contribution in [0.15, 0.2) is 30.3 Å². The van der Waals surface area contributed by atoms with Crippen molar-refractivity contribution >= 4 is 11.6 Å². The number of aryl methyl sites for hydroxylation is 4. The molecule has 0 radical (unpaired) electrons. The van der Waals surface area contributed by atoms with Crippen LogP contribution in [0.3, 0.4) is 0 Å². The van der Waals surface area contributed by atoms with Crippen LogP contribution in [-0.4, -0.2) is 44.5 Å². The molecular formula is C25H33N5O. The van der Waals surface area contributed by atoms with E-state index in [1.165, 1.54) is 11.1 Å². The highest BCUT2D eigenvalue weighted by atomic mass is 16.1. The number of fused-ring (bicyclic) bond motifs is 1. The third-order valence-electron chi connectivity index (χ3n) is 6.50. The summed E-state index contributed by atoms with van der Waals surface area (Å²) in [5.41, 5.74) is 7.76. The molecule has 6 heteroatoms. The van der Waals surface area contributed by atoms with Crippen LogP contribution in [0.1, 0.15) is 53.0 Å². The molecule has 1 aliphatic rings. The summed E-state index contributed by atoms with van der Waals surface area (Å²) in [4.78, 5) is 19.8. The van der Waals surface area contributed by atoms with Gasteiger partial charge < -0.3 is 5.32 Å². The van der Waals surface area contributed by atoms with Gasteiger partial charge in [-0.05, 0) is 63.6 Å². The Balaban J connectivity index is 1.27. The number of aromatic nitrogens is 3. The molecule has 0 aliphatic carbocycles. The second-order valence-corrected chi connectivity index (χ2v) is 8.86. The number of nitrogens with one attached hydrogen (secondary N) is 1. The first kappa shape index (κ1) is 21.5. The molecule has 1 fully saturated rings. The topological polar surface area (TPSA) is 62.5 Å². The molecule has 6 nitrogen and oxygen atoms in total. The van der Waals surface area contributed by atoms with Gasteiger partial charge in [0.25, 0.3) is 0 Å². The first-order chi connectivity index (χ1) is 14.9. The fraction of sp³-hybridized carbons (Fsp3) is 0.480. The fourth-order valence-corrected chi connectivity index (χ4v) is 4.61. The number of carbonyl (C=O) groups excluding carboxylic acids is 1. The van der Waals surface area contributed by atoms with Gasteiger partial charge in [0, 0.05) is 49.6 Å². The van der Waals surface area contributed by atoms with Gasteiger partial charge in [0.1, 0.15) is 0 Å². The minimum absolute atomic E-state index is 0.132. The fourth-order valence-electron chi connectivity index (χ4n) is 4.61. The highest BCUT2D eigenvalue weighted by Gasteiger charge is 2.21. The molecule has 1 aliphatic heterocycles. The van der Waals surface area contributed by atoms with E-state index in [0.717, 1.165) is 60.8 Å². The summed E-state index contributed by atoms with van der Waals surface area (Å²) < 4.78 is 1.89. The zero-order valence-electron chi connectivity index (χ0n) is 19.1. The monoisotopic (exact) mass is 419 g/mol. The van der Waals surface area contributed by atoms with Crippen LogP contribution in [0.2, 0.25) is 0 Å². The second kappa shape index (κ2) is 9.18. The molecule has 3 heterocycles. The summed E-state index contributed by atoms with van der Waals surface area (Å²) >= 11 is 0. The van der Waals surface area contributed by atoms with Gasteiger partial charge in [-0.1, -0.05) is 24.3 Å². The van der Waals surface area contributed by atoms with Gasteiger partial charge in [-0.15, -0.1) is 0 Å². The number of benzene rings is 1. The molecule has 1 N–H and O–H groups in total. The lowest BCUT2D eigenvalue weighted by atomic mass is 10.0. The molecular weight excluding hydrogens is 386 g/mol. The van der Waals surface area contributed by atoms with Gasteiger partial charge in [0.15, 0.2) is 5.65 Å². The maximum Gasteiger partial charge on any atom is 0.220 e. The van der Waals surface area contributed by atoms with Crippen LogP contribution in [0.4, 0.5) is 0 Å². The lowest BCUT2D eigenvalue weighted by Crippen LogP contribution is -2.44. The van der Waals surface area contributed by atoms with Gasteiger partial charge >= 0.3 is 0 Å². The van der Waals surface area contributed by atoms with Gasteiger partial charge in [0.2, 0.25) is 5.91 Å². The van der Waals surface area contributed by atoms with Crippen LogP contribution in [0.25, 0.3) is 5.65 Å². The first-order valence-corrected chi connectivity index (χ1v) is 11.3. The highest BCUT2D eigenvalue weighted by Crippen LogP contribution is 2.18. The minimum atomic E-state index is 0.132. The maximum absolute atomic E-state index is 12.6. The standard InChI is InChI=1S/C25H33N5O/c1-17-7-5-6-8-21(17)16-29-13-11-22(12-14-29)27-25(31)10-9-23-19(3)26-24-15-18(2)28-30(24)20(23)4/h5-8,15,22H,9-14,16H2,1-4H3,(H,27,31). The van der Waals surface area contributed by atoms with E-state index in [9.17, 15) is 4.79 Å². The number of rotatable bonds is 6. The summed E-state index contributed by atoms with van der Waals surface area (Å²) in [7, 11) is 0. The molecule has 0 saturated carbocycles. The van der Waals surface area contributed by atoms with Crippen molar-refractivity contribution in [3.05, 3.63) is 64.1 Å². The summed E-state index contributed by atoms with van der Waals surface area (Å²) in [5, 5.41) is 7.78. The molecule has 1 aromatic carbocycles. The Bertz CT molecular complexity index is 1080. The largest absolute Gasteiger partial charge is 0.353 e. The highest BCUT2D eigenvalue weighted by molar-refractivity contribution is 5.76. The molecule has 0 unspecified atom stereocenters. The van der Waals surface area contributed by atoms with Crippen molar-refractivity contribution in [3.8, 4) is 0 Å². The molecule has 0 spiro atoms. The zero-order valence-corrected chi connectivity index (χ0v) is 19.1. The molecule has 31 heavy (non-hydrogen) atoms. The quantitative estimate of drug-likeness (QED) is 0.662. The van der Waals surface area contributed by atoms with Gasteiger partial charge in [-0.3, -0.25) is 9.69 Å². The Morgan fingerprint density at radius 3 is 2.61 bits per heavy atom. The third-order valence-corrected chi connectivity index (χ3v) is 6.50. The number of amides is 1. The summed E-state index contributed by atoms with van der Waals surface area (Å²) in [5.74, 6) is 0.132. The van der Waals surface area contributed by atoms with Crippen LogP contribution in [0.5, 0.6) is 0 Å². The van der Waals surface area contributed by atoms with Crippen LogP contribution in [-0.2, 0) is 17.8 Å². The first-order valence-electron chi connectivity index (χ1n) is 11.3. The van der Waals surface area contributed by atoms with Crippen molar-refractivity contribution in [2.45, 2.75) is 66.0 Å². The molecule has 0 atom stereocenters. The molecule has 0 bridgehead atoms. The van der Waals surface area contributed by atoms with Gasteiger partial charge in [0.05, 0.1) is 5.69 Å². The van der Waals surface area contributed by atoms with Gasteiger partial charge in [-0.2, -0.15) is 5.10 Å². The van der Waals surface area contributed by atoms with Gasteiger partial charge in [-0.25, -0.2) is 9.50 Å². The van der Waals surface area contributed by atoms with Crippen molar-refractivity contribution in [2.75, 3.05) is 13.1 Å². The van der Waals surface area contributed by atoms with Crippen molar-refractivity contribution in [2.24, 2.45) is 0 Å². The molecule has 3 aromatic rings. The number of piperidine rings is 1. The van der Waals surface area contributed by atoms with Crippen molar-refractivity contribution in [1.82, 2.24) is 24.8 Å². The van der Waals surface area contributed by atoms with E-state index in [0.29, 0.717) is 12.8 Å². The average molecular weight is 420 g/mol. The lowest BCUT2D eigenvalue weighted by molar-refractivity contribution is -0.122. The van der Waals surface area contributed by atoms with E-state index < -0.39 is 0 Å². The maximum atomic E-state index is 12.6. The minimum Gasteiger partial charge on any atom is -0.353 e. The van der Waals surface area contributed by atoms with E-state index in [4.69, 9.17) is 0 Å². The number of carbonyl (C=O) groups is 1. The van der Waals surface area contributed by atoms with Crippen molar-refractivity contribution < 1.29 is 4.79 Å². The Morgan fingerprint density at radius 2 is 1.87 bits per heavy atom. The van der Waals surface area contributed by atoms with E-state index in [-0.39, 0.29) is 11.9 Å². The number of nitrogens with zero attached hydrogens (tertiary/aromatic N) is 4. The predicted octanol–water partition coefficient (Wildman–Crippen LogP) is 3.68. The molecule has 2 aromatic heterocycles. The van der Waals surface area contributed by atoms with Crippen LogP contribution < -0.4 is 5.32 Å². The van der Waals surface area contributed by atoms with Crippen LogP contribution in [0, 0.1) is 27.7 Å². The third kappa shape index (κ3) is 4.96. The van der Waals surface area contributed by atoms with Crippen molar-refractivity contribution in [1.29, 1.82) is 0 Å². The SMILES string of the molecule is Cc1cc2nc(C)c(CCC(=O)NC3CCN(Cc4ccccc4C)CC3)c(C)n2n1. The smallest absolute Gasteiger partial charge is 0.220 e. The normalized spacial score (nSPS) is 15.5. The summed E-state index contributed by atoms with van der Waals surface area (Å²) in [6, 6.07) is 10.9.